The summed E-state index contributed by atoms with van der Waals surface area (Å²) in [7, 11) is 0. The highest BCUT2D eigenvalue weighted by Crippen LogP contribution is 2.26. The summed E-state index contributed by atoms with van der Waals surface area (Å²) in [6.07, 6.45) is 0. The van der Waals surface area contributed by atoms with Crippen molar-refractivity contribution in [1.82, 2.24) is 4.98 Å². The molecule has 0 saturated heterocycles. The van der Waals surface area contributed by atoms with Gasteiger partial charge in [0.2, 0.25) is 5.88 Å². The van der Waals surface area contributed by atoms with Crippen molar-refractivity contribution in [2.24, 2.45) is 0 Å². The van der Waals surface area contributed by atoms with E-state index in [1.807, 2.05) is 0 Å². The summed E-state index contributed by atoms with van der Waals surface area (Å²) < 4.78 is 17.8. The van der Waals surface area contributed by atoms with E-state index in [2.05, 4.69) is 4.98 Å². The largest absolute Gasteiger partial charge is 0.477 e. The minimum absolute atomic E-state index is 0.0177. The van der Waals surface area contributed by atoms with Crippen LogP contribution in [0.4, 0.5) is 4.39 Å². The molecular formula is C10H6FNO3S. The molecule has 4 nitrogen and oxygen atoms in total. The Labute approximate surface area is 93.9 Å². The Kier molecular flexibility index (Phi) is 2.82. The van der Waals surface area contributed by atoms with Crippen LogP contribution >= 0.6 is 11.3 Å². The van der Waals surface area contributed by atoms with Gasteiger partial charge >= 0.3 is 5.97 Å². The second-order valence-electron chi connectivity index (χ2n) is 2.85. The molecular weight excluding hydrogens is 233 g/mol. The number of aromatic carboxylic acids is 1. The summed E-state index contributed by atoms with van der Waals surface area (Å²) in [6, 6.07) is 5.25. The average molecular weight is 239 g/mol. The monoisotopic (exact) mass is 239 g/mol. The van der Waals surface area contributed by atoms with Crippen LogP contribution in [0.3, 0.4) is 0 Å². The van der Waals surface area contributed by atoms with Crippen LogP contribution in [0.1, 0.15) is 9.67 Å². The standard InChI is InChI=1S/C10H6FNO3S/c11-6-1-3-7(4-2-6)15-9-8(10(13)14)16-5-12-9/h1-5H,(H,13,14). The third-order valence-electron chi connectivity index (χ3n) is 1.76. The molecule has 0 radical (unpaired) electrons. The minimum atomic E-state index is -1.10. The molecule has 0 bridgehead atoms. The molecule has 6 heteroatoms. The SMILES string of the molecule is O=C(O)c1scnc1Oc1ccc(F)cc1. The van der Waals surface area contributed by atoms with E-state index in [0.717, 1.165) is 11.3 Å². The zero-order valence-electron chi connectivity index (χ0n) is 7.88. The van der Waals surface area contributed by atoms with Gasteiger partial charge in [-0.15, -0.1) is 11.3 Å². The molecule has 2 rings (SSSR count). The molecule has 0 fully saturated rings. The lowest BCUT2D eigenvalue weighted by Crippen LogP contribution is -1.96. The maximum atomic E-state index is 12.6. The second kappa shape index (κ2) is 4.28. The number of halogens is 1. The van der Waals surface area contributed by atoms with Gasteiger partial charge < -0.3 is 9.84 Å². The summed E-state index contributed by atoms with van der Waals surface area (Å²) in [5.74, 6) is -1.12. The predicted molar refractivity (Wildman–Crippen MR) is 55.5 cm³/mol. The molecule has 1 aromatic carbocycles. The van der Waals surface area contributed by atoms with Crippen LogP contribution in [-0.4, -0.2) is 16.1 Å². The fourth-order valence-corrected chi connectivity index (χ4v) is 1.61. The van der Waals surface area contributed by atoms with Gasteiger partial charge in [0, 0.05) is 0 Å². The van der Waals surface area contributed by atoms with Crippen molar-refractivity contribution in [3.8, 4) is 11.6 Å². The second-order valence-corrected chi connectivity index (χ2v) is 3.70. The number of carboxylic acids is 1. The fourth-order valence-electron chi connectivity index (χ4n) is 1.06. The van der Waals surface area contributed by atoms with E-state index in [0.29, 0.717) is 5.75 Å². The van der Waals surface area contributed by atoms with Crippen LogP contribution in [0.25, 0.3) is 0 Å². The molecule has 1 N–H and O–H groups in total. The summed E-state index contributed by atoms with van der Waals surface area (Å²) >= 11 is 0.970. The first-order valence-corrected chi connectivity index (χ1v) is 5.15. The molecule has 0 unspecified atom stereocenters. The lowest BCUT2D eigenvalue weighted by Gasteiger charge is -2.02. The van der Waals surface area contributed by atoms with Gasteiger partial charge in [0.25, 0.3) is 0 Å². The Balaban J connectivity index is 2.23. The molecule has 0 aliphatic carbocycles. The van der Waals surface area contributed by atoms with Crippen molar-refractivity contribution < 1.29 is 19.0 Å². The first kappa shape index (κ1) is 10.6. The zero-order chi connectivity index (χ0) is 11.5. The number of nitrogens with zero attached hydrogens (tertiary/aromatic N) is 1. The number of ether oxygens (including phenoxy) is 1. The minimum Gasteiger partial charge on any atom is -0.477 e. The molecule has 82 valence electrons. The number of hydrogen-bond acceptors (Lipinski definition) is 4. The summed E-state index contributed by atoms with van der Waals surface area (Å²) in [5.41, 5.74) is 1.38. The van der Waals surface area contributed by atoms with Gasteiger partial charge in [-0.1, -0.05) is 0 Å². The predicted octanol–water partition coefficient (Wildman–Crippen LogP) is 2.77. The van der Waals surface area contributed by atoms with E-state index in [1.54, 1.807) is 0 Å². The first-order chi connectivity index (χ1) is 7.66. The fraction of sp³-hybridized carbons (Fsp3) is 0. The van der Waals surface area contributed by atoms with Crippen LogP contribution in [0.15, 0.2) is 29.8 Å². The first-order valence-electron chi connectivity index (χ1n) is 4.27. The molecule has 0 atom stereocenters. The quantitative estimate of drug-likeness (QED) is 0.894. The highest BCUT2D eigenvalue weighted by Gasteiger charge is 2.15. The van der Waals surface area contributed by atoms with Crippen molar-refractivity contribution in [2.75, 3.05) is 0 Å². The smallest absolute Gasteiger partial charge is 0.351 e. The topological polar surface area (TPSA) is 59.4 Å². The van der Waals surface area contributed by atoms with Crippen LogP contribution < -0.4 is 4.74 Å². The van der Waals surface area contributed by atoms with E-state index in [4.69, 9.17) is 9.84 Å². The Hall–Kier alpha value is -1.95. The maximum Gasteiger partial charge on any atom is 0.351 e. The Morgan fingerprint density at radius 3 is 2.69 bits per heavy atom. The van der Waals surface area contributed by atoms with Crippen LogP contribution in [0.5, 0.6) is 11.6 Å². The molecule has 2 aromatic rings. The Morgan fingerprint density at radius 1 is 1.38 bits per heavy atom. The van der Waals surface area contributed by atoms with Crippen molar-refractivity contribution in [1.29, 1.82) is 0 Å². The van der Waals surface area contributed by atoms with Gasteiger partial charge in [0.15, 0.2) is 4.88 Å². The number of carbonyl (C=O) groups is 1. The Bertz CT molecular complexity index is 509. The highest BCUT2D eigenvalue weighted by molar-refractivity contribution is 7.12. The van der Waals surface area contributed by atoms with E-state index in [9.17, 15) is 9.18 Å². The lowest BCUT2D eigenvalue weighted by atomic mass is 10.3. The van der Waals surface area contributed by atoms with Crippen LogP contribution in [0.2, 0.25) is 0 Å². The molecule has 1 aromatic heterocycles. The molecule has 0 aliphatic heterocycles. The van der Waals surface area contributed by atoms with Crippen molar-refractivity contribution in [2.45, 2.75) is 0 Å². The summed E-state index contributed by atoms with van der Waals surface area (Å²) in [5, 5.41) is 8.81. The normalized spacial score (nSPS) is 10.1. The summed E-state index contributed by atoms with van der Waals surface area (Å²) in [6.45, 7) is 0. The van der Waals surface area contributed by atoms with Gasteiger partial charge in [-0.25, -0.2) is 14.2 Å². The number of benzene rings is 1. The van der Waals surface area contributed by atoms with Gasteiger partial charge in [-0.3, -0.25) is 0 Å². The molecule has 16 heavy (non-hydrogen) atoms. The summed E-state index contributed by atoms with van der Waals surface area (Å²) in [4.78, 5) is 14.6. The van der Waals surface area contributed by atoms with Gasteiger partial charge in [-0.05, 0) is 24.3 Å². The number of thiazole rings is 1. The van der Waals surface area contributed by atoms with Crippen LogP contribution in [0, 0.1) is 5.82 Å². The van der Waals surface area contributed by atoms with Crippen molar-refractivity contribution in [3.05, 3.63) is 40.5 Å². The van der Waals surface area contributed by atoms with Crippen LogP contribution in [-0.2, 0) is 0 Å². The highest BCUT2D eigenvalue weighted by atomic mass is 32.1. The number of rotatable bonds is 3. The van der Waals surface area contributed by atoms with Gasteiger partial charge in [-0.2, -0.15) is 0 Å². The van der Waals surface area contributed by atoms with E-state index >= 15 is 0 Å². The molecule has 0 saturated carbocycles. The van der Waals surface area contributed by atoms with E-state index in [1.165, 1.54) is 29.8 Å². The van der Waals surface area contributed by atoms with E-state index in [-0.39, 0.29) is 16.6 Å². The number of carboxylic acid groups (broad SMARTS) is 1. The van der Waals surface area contributed by atoms with Crippen molar-refractivity contribution in [3.63, 3.8) is 0 Å². The molecule has 0 spiro atoms. The number of hydrogen-bond donors (Lipinski definition) is 1. The Morgan fingerprint density at radius 2 is 2.06 bits per heavy atom. The van der Waals surface area contributed by atoms with E-state index < -0.39 is 5.97 Å². The third kappa shape index (κ3) is 2.17. The van der Waals surface area contributed by atoms with Gasteiger partial charge in [0.05, 0.1) is 5.51 Å². The molecule has 1 heterocycles. The average Bonchev–Trinajstić information content (AvgIpc) is 2.69. The van der Waals surface area contributed by atoms with Crippen molar-refractivity contribution >= 4 is 17.3 Å². The molecule has 0 amide bonds. The molecule has 0 aliphatic rings. The maximum absolute atomic E-state index is 12.6. The lowest BCUT2D eigenvalue weighted by molar-refractivity contribution is 0.0699. The number of aromatic nitrogens is 1. The third-order valence-corrected chi connectivity index (χ3v) is 2.55. The zero-order valence-corrected chi connectivity index (χ0v) is 8.70. The van der Waals surface area contributed by atoms with Gasteiger partial charge in [0.1, 0.15) is 11.6 Å².